The summed E-state index contributed by atoms with van der Waals surface area (Å²) in [5.74, 6) is -1.52. The fourth-order valence-corrected chi connectivity index (χ4v) is 1.95. The first kappa shape index (κ1) is 14.0. The van der Waals surface area contributed by atoms with Crippen LogP contribution in [-0.2, 0) is 6.54 Å². The number of aromatic nitrogens is 2. The summed E-state index contributed by atoms with van der Waals surface area (Å²) in [5, 5.41) is 13.4. The molecule has 1 aromatic heterocycles. The lowest BCUT2D eigenvalue weighted by atomic mass is 10.1. The molecule has 2 aromatic rings. The number of nitrogens with zero attached hydrogens (tertiary/aromatic N) is 2. The van der Waals surface area contributed by atoms with E-state index in [-0.39, 0.29) is 17.0 Å². The molecular weight excluding hydrogens is 263 g/mol. The second kappa shape index (κ2) is 5.73. The Hall–Kier alpha value is -2.37. The Morgan fingerprint density at radius 3 is 2.80 bits per heavy atom. The van der Waals surface area contributed by atoms with E-state index in [0.29, 0.717) is 12.1 Å². The van der Waals surface area contributed by atoms with Crippen LogP contribution in [-0.4, -0.2) is 28.0 Å². The first-order chi connectivity index (χ1) is 9.56. The van der Waals surface area contributed by atoms with E-state index in [4.69, 9.17) is 4.74 Å². The van der Waals surface area contributed by atoms with E-state index in [1.54, 1.807) is 10.7 Å². The summed E-state index contributed by atoms with van der Waals surface area (Å²) in [5.41, 5.74) is 0.728. The Balaban J connectivity index is 2.50. The lowest BCUT2D eigenvalue weighted by Gasteiger charge is -2.04. The molecule has 0 unspecified atom stereocenters. The molecule has 5 nitrogen and oxygen atoms in total. The SMILES string of the molecule is CCCn1cc(C(=O)O)c(-c2ccc(OC)c(F)c2)n1. The highest BCUT2D eigenvalue weighted by atomic mass is 19.1. The number of aromatic carboxylic acids is 1. The van der Waals surface area contributed by atoms with E-state index < -0.39 is 11.8 Å². The normalized spacial score (nSPS) is 10.6. The third-order valence-electron chi connectivity index (χ3n) is 2.87. The minimum absolute atomic E-state index is 0.0583. The smallest absolute Gasteiger partial charge is 0.339 e. The van der Waals surface area contributed by atoms with E-state index in [0.717, 1.165) is 6.42 Å². The van der Waals surface area contributed by atoms with Gasteiger partial charge < -0.3 is 9.84 Å². The molecule has 0 saturated carbocycles. The second-order valence-electron chi connectivity index (χ2n) is 4.31. The summed E-state index contributed by atoms with van der Waals surface area (Å²) in [6.07, 6.45) is 2.29. The summed E-state index contributed by atoms with van der Waals surface area (Å²) in [7, 11) is 1.37. The number of hydrogen-bond acceptors (Lipinski definition) is 3. The Morgan fingerprint density at radius 1 is 1.50 bits per heavy atom. The van der Waals surface area contributed by atoms with Crippen LogP contribution in [0.4, 0.5) is 4.39 Å². The summed E-state index contributed by atoms with van der Waals surface area (Å²) in [6, 6.07) is 4.27. The van der Waals surface area contributed by atoms with Crippen molar-refractivity contribution in [1.82, 2.24) is 9.78 Å². The molecule has 20 heavy (non-hydrogen) atoms. The van der Waals surface area contributed by atoms with Crippen LogP contribution in [0.1, 0.15) is 23.7 Å². The van der Waals surface area contributed by atoms with Crippen LogP contribution in [0.2, 0.25) is 0 Å². The molecule has 0 saturated heterocycles. The number of carbonyl (C=O) groups is 1. The van der Waals surface area contributed by atoms with E-state index in [2.05, 4.69) is 5.10 Å². The number of carboxylic acids is 1. The van der Waals surface area contributed by atoms with E-state index in [1.165, 1.54) is 25.4 Å². The Morgan fingerprint density at radius 2 is 2.25 bits per heavy atom. The number of benzene rings is 1. The molecule has 0 aliphatic heterocycles. The molecule has 0 atom stereocenters. The topological polar surface area (TPSA) is 64.4 Å². The molecule has 106 valence electrons. The van der Waals surface area contributed by atoms with Crippen molar-refractivity contribution in [3.8, 4) is 17.0 Å². The molecule has 6 heteroatoms. The Labute approximate surface area is 115 Å². The number of carboxylic acid groups (broad SMARTS) is 1. The van der Waals surface area contributed by atoms with Gasteiger partial charge in [0.25, 0.3) is 0 Å². The summed E-state index contributed by atoms with van der Waals surface area (Å²) in [4.78, 5) is 11.2. The average molecular weight is 278 g/mol. The van der Waals surface area contributed by atoms with Gasteiger partial charge in [-0.2, -0.15) is 5.10 Å². The number of hydrogen-bond donors (Lipinski definition) is 1. The molecule has 0 aliphatic carbocycles. The van der Waals surface area contributed by atoms with Crippen molar-refractivity contribution in [1.29, 1.82) is 0 Å². The molecule has 0 aliphatic rings. The van der Waals surface area contributed by atoms with Crippen molar-refractivity contribution < 1.29 is 19.0 Å². The van der Waals surface area contributed by atoms with Gasteiger partial charge in [-0.15, -0.1) is 0 Å². The van der Waals surface area contributed by atoms with Gasteiger partial charge in [0.05, 0.1) is 7.11 Å². The van der Waals surface area contributed by atoms with Gasteiger partial charge in [-0.25, -0.2) is 9.18 Å². The van der Waals surface area contributed by atoms with E-state index in [1.807, 2.05) is 6.92 Å². The standard InChI is InChI=1S/C14H15FN2O3/c1-3-6-17-8-10(14(18)19)13(16-17)9-4-5-12(20-2)11(15)7-9/h4-5,7-8H,3,6H2,1-2H3,(H,18,19). The minimum atomic E-state index is -1.08. The Bertz CT molecular complexity index is 637. The second-order valence-corrected chi connectivity index (χ2v) is 4.31. The fourth-order valence-electron chi connectivity index (χ4n) is 1.95. The van der Waals surface area contributed by atoms with Gasteiger partial charge in [0.2, 0.25) is 0 Å². The lowest BCUT2D eigenvalue weighted by Crippen LogP contribution is -1.97. The van der Waals surface area contributed by atoms with Gasteiger partial charge >= 0.3 is 5.97 Å². The number of methoxy groups -OCH3 is 1. The van der Waals surface area contributed by atoms with Crippen molar-refractivity contribution in [3.05, 3.63) is 35.8 Å². The molecular formula is C14H15FN2O3. The molecule has 0 radical (unpaired) electrons. The van der Waals surface area contributed by atoms with Crippen LogP contribution in [0.3, 0.4) is 0 Å². The third-order valence-corrected chi connectivity index (χ3v) is 2.87. The molecule has 0 amide bonds. The van der Waals surface area contributed by atoms with Gasteiger partial charge in [-0.05, 0) is 24.6 Å². The van der Waals surface area contributed by atoms with Crippen LogP contribution in [0, 0.1) is 5.82 Å². The van der Waals surface area contributed by atoms with Gasteiger partial charge in [0.1, 0.15) is 11.3 Å². The van der Waals surface area contributed by atoms with Gasteiger partial charge in [0.15, 0.2) is 11.6 Å². The molecule has 2 rings (SSSR count). The molecule has 0 fully saturated rings. The molecule has 1 N–H and O–H groups in total. The molecule has 1 aromatic carbocycles. The maximum Gasteiger partial charge on any atom is 0.339 e. The fraction of sp³-hybridized carbons (Fsp3) is 0.286. The largest absolute Gasteiger partial charge is 0.494 e. The van der Waals surface area contributed by atoms with Crippen LogP contribution in [0.15, 0.2) is 24.4 Å². The number of rotatable bonds is 5. The maximum absolute atomic E-state index is 13.7. The van der Waals surface area contributed by atoms with E-state index >= 15 is 0 Å². The summed E-state index contributed by atoms with van der Waals surface area (Å²) in [6.45, 7) is 2.58. The Kier molecular flexibility index (Phi) is 4.02. The first-order valence-corrected chi connectivity index (χ1v) is 6.21. The minimum Gasteiger partial charge on any atom is -0.494 e. The summed E-state index contributed by atoms with van der Waals surface area (Å²) >= 11 is 0. The predicted molar refractivity (Wildman–Crippen MR) is 71.4 cm³/mol. The van der Waals surface area contributed by atoms with Crippen LogP contribution < -0.4 is 4.74 Å². The highest BCUT2D eigenvalue weighted by molar-refractivity contribution is 5.94. The summed E-state index contributed by atoms with van der Waals surface area (Å²) < 4.78 is 20.1. The van der Waals surface area contributed by atoms with Crippen molar-refractivity contribution >= 4 is 5.97 Å². The van der Waals surface area contributed by atoms with Crippen molar-refractivity contribution in [2.45, 2.75) is 19.9 Å². The van der Waals surface area contributed by atoms with Crippen LogP contribution in [0.5, 0.6) is 5.75 Å². The van der Waals surface area contributed by atoms with Gasteiger partial charge in [0, 0.05) is 18.3 Å². The zero-order chi connectivity index (χ0) is 14.7. The molecule has 0 bridgehead atoms. The maximum atomic E-state index is 13.7. The zero-order valence-electron chi connectivity index (χ0n) is 11.3. The van der Waals surface area contributed by atoms with Crippen molar-refractivity contribution in [3.63, 3.8) is 0 Å². The van der Waals surface area contributed by atoms with Crippen LogP contribution >= 0.6 is 0 Å². The molecule has 1 heterocycles. The first-order valence-electron chi connectivity index (χ1n) is 6.21. The number of ether oxygens (including phenoxy) is 1. The van der Waals surface area contributed by atoms with Crippen LogP contribution in [0.25, 0.3) is 11.3 Å². The van der Waals surface area contributed by atoms with Crippen molar-refractivity contribution in [2.75, 3.05) is 7.11 Å². The lowest BCUT2D eigenvalue weighted by molar-refractivity contribution is 0.0697. The highest BCUT2D eigenvalue weighted by Gasteiger charge is 2.18. The third kappa shape index (κ3) is 2.64. The zero-order valence-corrected chi connectivity index (χ0v) is 11.3. The highest BCUT2D eigenvalue weighted by Crippen LogP contribution is 2.27. The molecule has 0 spiro atoms. The monoisotopic (exact) mass is 278 g/mol. The number of aryl methyl sites for hydroxylation is 1. The quantitative estimate of drug-likeness (QED) is 0.913. The number of halogens is 1. The van der Waals surface area contributed by atoms with Crippen molar-refractivity contribution in [2.24, 2.45) is 0 Å². The van der Waals surface area contributed by atoms with Gasteiger partial charge in [-0.1, -0.05) is 6.92 Å². The van der Waals surface area contributed by atoms with E-state index in [9.17, 15) is 14.3 Å². The van der Waals surface area contributed by atoms with Gasteiger partial charge in [-0.3, -0.25) is 4.68 Å². The average Bonchev–Trinajstić information content (AvgIpc) is 2.83. The predicted octanol–water partition coefficient (Wildman–Crippen LogP) is 2.81.